The van der Waals surface area contributed by atoms with Crippen LogP contribution in [0.1, 0.15) is 98.4 Å². The van der Waals surface area contributed by atoms with Gasteiger partial charge in [0.25, 0.3) is 0 Å². The summed E-state index contributed by atoms with van der Waals surface area (Å²) < 4.78 is 90.9. The van der Waals surface area contributed by atoms with Crippen LogP contribution in [0.2, 0.25) is 0 Å². The molecule has 0 unspecified atom stereocenters. The lowest BCUT2D eigenvalue weighted by Gasteiger charge is -2.43. The van der Waals surface area contributed by atoms with Crippen molar-refractivity contribution in [2.75, 3.05) is 13.1 Å². The number of carboxylic acids is 4. The van der Waals surface area contributed by atoms with E-state index < -0.39 is 70.6 Å². The number of nitrogens with zero attached hydrogens (tertiary/aromatic N) is 2. The molecule has 0 radical (unpaired) electrons. The standard InChI is InChI=1S/2C25H25F3N2O2.C4H4O4/c2*1-14-10-17-16-6-4-5-7-20(16)29-23(17)24(30(14)13-25(2,3)28)22-18(26)11-15(12-19(22)27)8-9-21(31)32;5-3(6)1-2-4(7)8/h2*4-9,11-12,14,24,29H,10,13H2,1-3H3,(H,31,32);1-2H,(H,5,6)(H,7,8)/t2*14-,24-;/m11./s1. The van der Waals surface area contributed by atoms with Gasteiger partial charge in [-0.25, -0.2) is 45.5 Å². The first-order valence-electron chi connectivity index (χ1n) is 22.7. The van der Waals surface area contributed by atoms with Gasteiger partial charge in [-0.1, -0.05) is 36.4 Å². The minimum Gasteiger partial charge on any atom is -0.478 e. The van der Waals surface area contributed by atoms with Crippen LogP contribution in [0.15, 0.2) is 97.1 Å². The van der Waals surface area contributed by atoms with Crippen molar-refractivity contribution in [1.82, 2.24) is 19.8 Å². The molecule has 0 saturated heterocycles. The maximum absolute atomic E-state index is 15.3. The third-order valence-corrected chi connectivity index (χ3v) is 12.1. The van der Waals surface area contributed by atoms with E-state index in [-0.39, 0.29) is 47.4 Å². The number of carboxylic acid groups (broad SMARTS) is 4. The third-order valence-electron chi connectivity index (χ3n) is 12.1. The second-order valence-corrected chi connectivity index (χ2v) is 19.0. The number of alkyl halides is 2. The van der Waals surface area contributed by atoms with Gasteiger partial charge in [0.15, 0.2) is 0 Å². The molecule has 0 spiro atoms. The van der Waals surface area contributed by atoms with Crippen LogP contribution in [0.5, 0.6) is 0 Å². The monoisotopic (exact) mass is 1000 g/mol. The van der Waals surface area contributed by atoms with Crippen molar-refractivity contribution in [2.24, 2.45) is 0 Å². The number of hydrogen-bond donors (Lipinski definition) is 6. The Labute approximate surface area is 410 Å². The normalized spacial score (nSPS) is 18.4. The zero-order valence-corrected chi connectivity index (χ0v) is 40.1. The molecule has 4 heterocycles. The molecule has 6 aromatic rings. The summed E-state index contributed by atoms with van der Waals surface area (Å²) in [6.07, 6.45) is 6.28. The van der Waals surface area contributed by atoms with Gasteiger partial charge in [-0.3, -0.25) is 9.80 Å². The number of H-pyrrole nitrogens is 2. The molecule has 4 atom stereocenters. The number of rotatable bonds is 12. The molecule has 2 aliphatic heterocycles. The fourth-order valence-electron chi connectivity index (χ4n) is 9.40. The zero-order valence-electron chi connectivity index (χ0n) is 40.1. The van der Waals surface area contributed by atoms with Gasteiger partial charge in [0.2, 0.25) is 0 Å². The number of aromatic amines is 2. The average molecular weight is 1000 g/mol. The number of carbonyl (C=O) groups is 4. The minimum absolute atomic E-state index is 0.00676. The molecule has 18 heteroatoms. The number of fused-ring (bicyclic) bond motifs is 6. The smallest absolute Gasteiger partial charge is 0.328 e. The summed E-state index contributed by atoms with van der Waals surface area (Å²) in [7, 11) is 0. The topological polar surface area (TPSA) is 187 Å². The van der Waals surface area contributed by atoms with Gasteiger partial charge < -0.3 is 30.4 Å². The maximum atomic E-state index is 15.3. The average Bonchev–Trinajstić information content (AvgIpc) is 3.83. The summed E-state index contributed by atoms with van der Waals surface area (Å²) in [5, 5.41) is 35.2. The fraction of sp³-hybridized carbons (Fsp3) is 0.296. The summed E-state index contributed by atoms with van der Waals surface area (Å²) in [5.41, 5.74) is 1.66. The minimum atomic E-state index is -1.58. The van der Waals surface area contributed by atoms with Crippen molar-refractivity contribution >= 4 is 57.8 Å². The second-order valence-electron chi connectivity index (χ2n) is 19.0. The Bertz CT molecular complexity index is 2860. The molecule has 0 aliphatic carbocycles. The predicted molar refractivity (Wildman–Crippen MR) is 261 cm³/mol. The molecule has 6 N–H and O–H groups in total. The molecule has 8 rings (SSSR count). The van der Waals surface area contributed by atoms with E-state index >= 15 is 17.6 Å². The molecule has 0 saturated carbocycles. The summed E-state index contributed by atoms with van der Waals surface area (Å²) in [6, 6.07) is 17.8. The van der Waals surface area contributed by atoms with Crippen molar-refractivity contribution < 1.29 is 65.9 Å². The highest BCUT2D eigenvalue weighted by molar-refractivity contribution is 5.90. The number of hydrogen-bond acceptors (Lipinski definition) is 6. The number of halogens is 6. The first-order chi connectivity index (χ1) is 33.7. The van der Waals surface area contributed by atoms with Crippen LogP contribution in [0.25, 0.3) is 34.0 Å². The number of aromatic nitrogens is 2. The fourth-order valence-corrected chi connectivity index (χ4v) is 9.40. The van der Waals surface area contributed by atoms with Crippen LogP contribution in [0, 0.1) is 23.3 Å². The summed E-state index contributed by atoms with van der Waals surface area (Å²) in [6.45, 7) is 9.65. The van der Waals surface area contributed by atoms with Gasteiger partial charge in [-0.15, -0.1) is 0 Å². The van der Waals surface area contributed by atoms with E-state index in [9.17, 15) is 28.0 Å². The van der Waals surface area contributed by atoms with E-state index in [0.717, 1.165) is 81.5 Å². The lowest BCUT2D eigenvalue weighted by Crippen LogP contribution is -2.48. The van der Waals surface area contributed by atoms with Gasteiger partial charge >= 0.3 is 23.9 Å². The van der Waals surface area contributed by atoms with Gasteiger partial charge in [0, 0.05) is 93.8 Å². The number of aliphatic carboxylic acids is 4. The Kier molecular flexibility index (Phi) is 16.4. The Morgan fingerprint density at radius 3 is 1.15 bits per heavy atom. The van der Waals surface area contributed by atoms with Crippen molar-refractivity contribution in [2.45, 2.75) is 89.9 Å². The Hall–Kier alpha value is -7.44. The molecule has 380 valence electrons. The van der Waals surface area contributed by atoms with E-state index in [1.165, 1.54) is 27.7 Å². The molecular weight excluding hydrogens is 947 g/mol. The highest BCUT2D eigenvalue weighted by Crippen LogP contribution is 2.45. The Morgan fingerprint density at radius 2 is 0.861 bits per heavy atom. The molecular formula is C54H54F6N4O8. The lowest BCUT2D eigenvalue weighted by atomic mass is 9.87. The first-order valence-corrected chi connectivity index (χ1v) is 22.7. The van der Waals surface area contributed by atoms with Crippen LogP contribution in [0.3, 0.4) is 0 Å². The van der Waals surface area contributed by atoms with E-state index in [0.29, 0.717) is 36.4 Å². The summed E-state index contributed by atoms with van der Waals surface area (Å²) in [5.74, 6) is -8.16. The lowest BCUT2D eigenvalue weighted by molar-refractivity contribution is -0.134. The van der Waals surface area contributed by atoms with E-state index in [4.69, 9.17) is 20.4 Å². The number of benzene rings is 4. The molecule has 0 amide bonds. The molecule has 4 aromatic carbocycles. The maximum Gasteiger partial charge on any atom is 0.328 e. The number of nitrogens with one attached hydrogen (secondary N) is 2. The largest absolute Gasteiger partial charge is 0.478 e. The van der Waals surface area contributed by atoms with Gasteiger partial charge in [-0.2, -0.15) is 0 Å². The van der Waals surface area contributed by atoms with Crippen molar-refractivity contribution in [3.8, 4) is 0 Å². The van der Waals surface area contributed by atoms with E-state index in [1.807, 2.05) is 62.4 Å². The van der Waals surface area contributed by atoms with Crippen LogP contribution in [-0.2, 0) is 32.0 Å². The van der Waals surface area contributed by atoms with Gasteiger partial charge in [0.05, 0.1) is 12.1 Å². The molecule has 0 bridgehead atoms. The first kappa shape index (κ1) is 53.9. The molecule has 12 nitrogen and oxygen atoms in total. The van der Waals surface area contributed by atoms with Crippen LogP contribution in [0.4, 0.5) is 26.3 Å². The van der Waals surface area contributed by atoms with Crippen molar-refractivity contribution in [3.05, 3.63) is 165 Å². The van der Waals surface area contributed by atoms with Crippen LogP contribution in [-0.4, -0.2) is 101 Å². The van der Waals surface area contributed by atoms with Crippen molar-refractivity contribution in [1.29, 1.82) is 0 Å². The third kappa shape index (κ3) is 12.9. The van der Waals surface area contributed by atoms with E-state index in [2.05, 4.69) is 9.97 Å². The second kappa shape index (κ2) is 21.9. The highest BCUT2D eigenvalue weighted by Gasteiger charge is 2.42. The van der Waals surface area contributed by atoms with Crippen molar-refractivity contribution in [3.63, 3.8) is 0 Å². The molecule has 2 aliphatic rings. The van der Waals surface area contributed by atoms with Gasteiger partial charge in [-0.05, 0) is 125 Å². The number of para-hydroxylation sites is 2. The van der Waals surface area contributed by atoms with Gasteiger partial charge in [0.1, 0.15) is 34.6 Å². The van der Waals surface area contributed by atoms with Crippen LogP contribution >= 0.6 is 0 Å². The highest BCUT2D eigenvalue weighted by atomic mass is 19.2. The molecule has 0 fully saturated rings. The zero-order chi connectivity index (χ0) is 53.0. The predicted octanol–water partition coefficient (Wildman–Crippen LogP) is 11.0. The molecule has 72 heavy (non-hydrogen) atoms. The molecule has 2 aromatic heterocycles. The van der Waals surface area contributed by atoms with Crippen LogP contribution < -0.4 is 0 Å². The summed E-state index contributed by atoms with van der Waals surface area (Å²) >= 11 is 0. The Morgan fingerprint density at radius 1 is 0.556 bits per heavy atom. The SMILES string of the molecule is C[C@@H]1Cc2c([nH]c3ccccc23)[C@@H](c2c(F)cc(C=CC(=O)O)cc2F)N1CC(C)(C)F.C[C@@H]1Cc2c([nH]c3ccccc23)[C@@H](c2c(F)cc(C=CC(=O)O)cc2F)N1CC(C)(C)F.O=C(O)C=CC(=O)O. The quantitative estimate of drug-likeness (QED) is 0.0509. The van der Waals surface area contributed by atoms with E-state index in [1.54, 1.807) is 9.80 Å². The summed E-state index contributed by atoms with van der Waals surface area (Å²) in [4.78, 5) is 50.9. The Balaban J connectivity index is 0.000000205.